The second-order valence-electron chi connectivity index (χ2n) is 7.23. The zero-order chi connectivity index (χ0) is 20.4. The minimum atomic E-state index is -0.420. The van der Waals surface area contributed by atoms with Gasteiger partial charge in [0.15, 0.2) is 5.69 Å². The fraction of sp³-hybridized carbons (Fsp3) is 0.227. The van der Waals surface area contributed by atoms with Crippen LogP contribution in [0.4, 0.5) is 11.4 Å². The summed E-state index contributed by atoms with van der Waals surface area (Å²) in [4.78, 5) is 25.6. The largest absolute Gasteiger partial charge is 0.322 e. The smallest absolute Gasteiger partial charge is 0.276 e. The number of nitrogens with one attached hydrogen (secondary N) is 2. The summed E-state index contributed by atoms with van der Waals surface area (Å²) in [7, 11) is 1.68. The first-order chi connectivity index (χ1) is 13.2. The molecule has 2 aromatic carbocycles. The highest BCUT2D eigenvalue weighted by Gasteiger charge is 2.22. The molecule has 0 spiro atoms. The number of amides is 2. The Morgan fingerprint density at radius 2 is 1.18 bits per heavy atom. The summed E-state index contributed by atoms with van der Waals surface area (Å²) >= 11 is 0. The van der Waals surface area contributed by atoms with E-state index in [1.807, 2.05) is 64.1 Å². The van der Waals surface area contributed by atoms with Gasteiger partial charge in [-0.3, -0.25) is 14.3 Å². The van der Waals surface area contributed by atoms with Gasteiger partial charge >= 0.3 is 0 Å². The molecular weight excluding hydrogens is 352 g/mol. The first-order valence-corrected chi connectivity index (χ1v) is 9.04. The number of anilines is 2. The van der Waals surface area contributed by atoms with Gasteiger partial charge in [-0.25, -0.2) is 0 Å². The Balaban J connectivity index is 1.85. The molecule has 6 heteroatoms. The molecule has 0 aliphatic rings. The van der Waals surface area contributed by atoms with Gasteiger partial charge in [-0.15, -0.1) is 0 Å². The highest BCUT2D eigenvalue weighted by molar-refractivity contribution is 6.14. The molecule has 0 fully saturated rings. The predicted octanol–water partition coefficient (Wildman–Crippen LogP) is 4.16. The Kier molecular flexibility index (Phi) is 5.31. The molecule has 144 valence electrons. The van der Waals surface area contributed by atoms with E-state index in [1.165, 1.54) is 4.68 Å². The summed E-state index contributed by atoms with van der Waals surface area (Å²) in [6.45, 7) is 7.86. The summed E-state index contributed by atoms with van der Waals surface area (Å²) < 4.78 is 1.47. The number of hydrogen-bond acceptors (Lipinski definition) is 3. The van der Waals surface area contributed by atoms with Gasteiger partial charge in [0.2, 0.25) is 0 Å². The summed E-state index contributed by atoms with van der Waals surface area (Å²) in [5, 5.41) is 9.89. The Morgan fingerprint density at radius 1 is 0.750 bits per heavy atom. The molecule has 2 amide bonds. The van der Waals surface area contributed by atoms with E-state index >= 15 is 0 Å². The molecule has 1 aromatic heterocycles. The molecule has 28 heavy (non-hydrogen) atoms. The zero-order valence-corrected chi connectivity index (χ0v) is 16.8. The fourth-order valence-electron chi connectivity index (χ4n) is 3.30. The third kappa shape index (κ3) is 4.46. The average molecular weight is 376 g/mol. The SMILES string of the molecule is Cc1cc(C)cc(NC(=O)c2cn(C)nc2C(=O)Nc2cc(C)cc(C)c2)c1. The monoisotopic (exact) mass is 376 g/mol. The summed E-state index contributed by atoms with van der Waals surface area (Å²) in [6.07, 6.45) is 1.55. The lowest BCUT2D eigenvalue weighted by Crippen LogP contribution is -2.20. The first-order valence-electron chi connectivity index (χ1n) is 9.04. The molecule has 0 unspecified atom stereocenters. The lowest BCUT2D eigenvalue weighted by molar-refractivity contribution is 0.0988. The second kappa shape index (κ2) is 7.68. The molecule has 0 radical (unpaired) electrons. The van der Waals surface area contributed by atoms with Gasteiger partial charge in [0.25, 0.3) is 11.8 Å². The summed E-state index contributed by atoms with van der Waals surface area (Å²) in [6, 6.07) is 11.6. The number of aryl methyl sites for hydroxylation is 5. The van der Waals surface area contributed by atoms with Crippen LogP contribution in [0.25, 0.3) is 0 Å². The maximum atomic E-state index is 12.8. The molecule has 0 aliphatic heterocycles. The number of nitrogens with zero attached hydrogens (tertiary/aromatic N) is 2. The molecule has 3 aromatic rings. The van der Waals surface area contributed by atoms with E-state index in [1.54, 1.807) is 13.2 Å². The van der Waals surface area contributed by atoms with Gasteiger partial charge < -0.3 is 10.6 Å². The first kappa shape index (κ1) is 19.4. The van der Waals surface area contributed by atoms with Crippen molar-refractivity contribution in [2.45, 2.75) is 27.7 Å². The molecule has 0 saturated heterocycles. The minimum absolute atomic E-state index is 0.0866. The van der Waals surface area contributed by atoms with E-state index in [0.29, 0.717) is 11.4 Å². The predicted molar refractivity (Wildman–Crippen MR) is 111 cm³/mol. The average Bonchev–Trinajstić information content (AvgIpc) is 2.95. The number of benzene rings is 2. The minimum Gasteiger partial charge on any atom is -0.322 e. The van der Waals surface area contributed by atoms with Crippen LogP contribution in [0.1, 0.15) is 43.1 Å². The van der Waals surface area contributed by atoms with Crippen LogP contribution in [-0.2, 0) is 7.05 Å². The number of carbonyl (C=O) groups excluding carboxylic acids is 2. The van der Waals surface area contributed by atoms with Crippen LogP contribution in [0.15, 0.2) is 42.6 Å². The maximum absolute atomic E-state index is 12.8. The molecule has 2 N–H and O–H groups in total. The molecule has 3 rings (SSSR count). The van der Waals surface area contributed by atoms with Gasteiger partial charge in [0.1, 0.15) is 0 Å². The zero-order valence-electron chi connectivity index (χ0n) is 16.8. The van der Waals surface area contributed by atoms with Crippen LogP contribution in [0, 0.1) is 27.7 Å². The second-order valence-corrected chi connectivity index (χ2v) is 7.23. The molecule has 1 heterocycles. The van der Waals surface area contributed by atoms with Crippen molar-refractivity contribution in [3.63, 3.8) is 0 Å². The third-order valence-corrected chi connectivity index (χ3v) is 4.25. The highest BCUT2D eigenvalue weighted by Crippen LogP contribution is 2.18. The Labute approximate surface area is 164 Å². The van der Waals surface area contributed by atoms with E-state index < -0.39 is 5.91 Å². The van der Waals surface area contributed by atoms with Gasteiger partial charge in [-0.2, -0.15) is 5.10 Å². The third-order valence-electron chi connectivity index (χ3n) is 4.25. The van der Waals surface area contributed by atoms with E-state index in [2.05, 4.69) is 15.7 Å². The van der Waals surface area contributed by atoms with Crippen molar-refractivity contribution < 1.29 is 9.59 Å². The molecule has 0 aliphatic carbocycles. The lowest BCUT2D eigenvalue weighted by atomic mass is 10.1. The number of aromatic nitrogens is 2. The Hall–Kier alpha value is -3.41. The standard InChI is InChI=1S/C22H24N4O2/c1-13-6-14(2)9-17(8-13)23-21(27)19-12-26(5)25-20(19)22(28)24-18-10-15(3)7-16(4)11-18/h6-12H,1-5H3,(H,23,27)(H,24,28). The topological polar surface area (TPSA) is 76.0 Å². The van der Waals surface area contributed by atoms with Gasteiger partial charge in [0.05, 0.1) is 5.56 Å². The van der Waals surface area contributed by atoms with E-state index in [9.17, 15) is 9.59 Å². The lowest BCUT2D eigenvalue weighted by Gasteiger charge is -2.09. The van der Waals surface area contributed by atoms with Crippen molar-refractivity contribution in [2.24, 2.45) is 7.05 Å². The highest BCUT2D eigenvalue weighted by atomic mass is 16.2. The summed E-state index contributed by atoms with van der Waals surface area (Å²) in [5.41, 5.74) is 5.87. The number of rotatable bonds is 4. The van der Waals surface area contributed by atoms with Crippen molar-refractivity contribution in [1.29, 1.82) is 0 Å². The fourth-order valence-corrected chi connectivity index (χ4v) is 3.30. The molecule has 0 atom stereocenters. The quantitative estimate of drug-likeness (QED) is 0.718. The van der Waals surface area contributed by atoms with Crippen molar-refractivity contribution in [1.82, 2.24) is 9.78 Å². The van der Waals surface area contributed by atoms with Crippen molar-refractivity contribution in [2.75, 3.05) is 10.6 Å². The number of hydrogen-bond donors (Lipinski definition) is 2. The van der Waals surface area contributed by atoms with Crippen molar-refractivity contribution in [3.05, 3.63) is 76.1 Å². The van der Waals surface area contributed by atoms with Crippen LogP contribution in [-0.4, -0.2) is 21.6 Å². The molecule has 6 nitrogen and oxygen atoms in total. The van der Waals surface area contributed by atoms with Crippen LogP contribution in [0.3, 0.4) is 0 Å². The Bertz CT molecular complexity index is 943. The summed E-state index contributed by atoms with van der Waals surface area (Å²) in [5.74, 6) is -0.792. The van der Waals surface area contributed by atoms with E-state index in [0.717, 1.165) is 22.3 Å². The number of carbonyl (C=O) groups is 2. The normalized spacial score (nSPS) is 10.6. The molecule has 0 bridgehead atoms. The van der Waals surface area contributed by atoms with Crippen LogP contribution in [0.5, 0.6) is 0 Å². The van der Waals surface area contributed by atoms with Gasteiger partial charge in [-0.1, -0.05) is 12.1 Å². The van der Waals surface area contributed by atoms with E-state index in [4.69, 9.17) is 0 Å². The van der Waals surface area contributed by atoms with E-state index in [-0.39, 0.29) is 17.2 Å². The van der Waals surface area contributed by atoms with Crippen molar-refractivity contribution in [3.8, 4) is 0 Å². The Morgan fingerprint density at radius 3 is 1.64 bits per heavy atom. The maximum Gasteiger partial charge on any atom is 0.276 e. The van der Waals surface area contributed by atoms with Gasteiger partial charge in [0, 0.05) is 24.6 Å². The van der Waals surface area contributed by atoms with Gasteiger partial charge in [-0.05, 0) is 74.2 Å². The van der Waals surface area contributed by atoms with Crippen LogP contribution < -0.4 is 10.6 Å². The van der Waals surface area contributed by atoms with Crippen LogP contribution in [0.2, 0.25) is 0 Å². The van der Waals surface area contributed by atoms with Crippen molar-refractivity contribution >= 4 is 23.2 Å². The van der Waals surface area contributed by atoms with Crippen LogP contribution >= 0.6 is 0 Å². The molecule has 0 saturated carbocycles. The molecular formula is C22H24N4O2.